The number of aliphatic carboxylic acids is 1. The van der Waals surface area contributed by atoms with Crippen LogP contribution in [0.2, 0.25) is 0 Å². The number of nitrogens with one attached hydrogen (secondary N) is 3. The van der Waals surface area contributed by atoms with Gasteiger partial charge in [0.15, 0.2) is 17.6 Å². The maximum absolute atomic E-state index is 14.2. The summed E-state index contributed by atoms with van der Waals surface area (Å²) in [6.45, 7) is 10.6. The van der Waals surface area contributed by atoms with Gasteiger partial charge in [-0.3, -0.25) is 33.7 Å². The average Bonchev–Trinajstić information content (AvgIpc) is 3.61. The number of benzene rings is 2. The fraction of sp³-hybridized carbons (Fsp3) is 0.553. The Labute approximate surface area is 394 Å². The third-order valence-corrected chi connectivity index (χ3v) is 11.1. The lowest BCUT2D eigenvalue weighted by Gasteiger charge is -2.39. The van der Waals surface area contributed by atoms with Crippen LogP contribution in [0, 0.1) is 11.3 Å². The Bertz CT molecular complexity index is 2140. The number of ether oxygens (including phenoxy) is 6. The molecule has 0 radical (unpaired) electrons. The summed E-state index contributed by atoms with van der Waals surface area (Å²) in [6.07, 6.45) is -6.40. The van der Waals surface area contributed by atoms with Crippen LogP contribution in [0.1, 0.15) is 64.7 Å². The van der Waals surface area contributed by atoms with Gasteiger partial charge in [0.1, 0.15) is 56.3 Å². The van der Waals surface area contributed by atoms with Crippen molar-refractivity contribution >= 4 is 47.2 Å². The molecule has 1 saturated heterocycles. The molecule has 2 aromatic rings. The molecule has 21 nitrogen and oxygen atoms in total. The first kappa shape index (κ1) is 54.6. The second kappa shape index (κ2) is 24.9. The van der Waals surface area contributed by atoms with E-state index in [1.54, 1.807) is 65.0 Å². The highest BCUT2D eigenvalue weighted by Gasteiger charge is 2.46. The zero-order valence-corrected chi connectivity index (χ0v) is 39.5. The molecule has 21 heteroatoms. The topological polar surface area (TPSA) is 295 Å². The number of aliphatic hydroxyl groups excluding tert-OH is 3. The number of anilines is 1. The van der Waals surface area contributed by atoms with Gasteiger partial charge in [-0.2, -0.15) is 0 Å². The lowest BCUT2D eigenvalue weighted by molar-refractivity contribution is -0.228. The molecule has 0 aliphatic carbocycles. The molecule has 2 aliphatic rings. The molecule has 2 aliphatic heterocycles. The molecule has 0 spiro atoms. The van der Waals surface area contributed by atoms with E-state index in [2.05, 4.69) is 16.0 Å². The molecule has 68 heavy (non-hydrogen) atoms. The predicted molar refractivity (Wildman–Crippen MR) is 241 cm³/mol. The van der Waals surface area contributed by atoms with E-state index >= 15 is 0 Å². The van der Waals surface area contributed by atoms with E-state index in [4.69, 9.17) is 28.4 Å². The largest absolute Gasteiger partial charge is 0.487 e. The summed E-state index contributed by atoms with van der Waals surface area (Å²) in [6, 6.07) is 5.73. The van der Waals surface area contributed by atoms with E-state index in [1.807, 2.05) is 0 Å². The number of methoxy groups -OCH3 is 2. The van der Waals surface area contributed by atoms with Crippen LogP contribution in [-0.2, 0) is 72.0 Å². The van der Waals surface area contributed by atoms with Crippen LogP contribution in [0.15, 0.2) is 48.6 Å². The zero-order valence-electron chi connectivity index (χ0n) is 39.5. The maximum atomic E-state index is 14.2. The SMILES string of the molecule is COCCOc1ccc(C[C@@H](C(=O)N[C@H](C(=O)N[C@@H](C)C(=O)Nc2ccc(COC(=O)C(C)(C)C)c(CC[C@@H]3O[C@H](C(=O)O)[C@@H](O)[C@H](O)[C@H]3O)c2)C(C)C)N2C(=O)C=CC2=O)cc1OCCOC. The number of carbonyl (C=O) groups excluding carboxylic acids is 6. The highest BCUT2D eigenvalue weighted by Crippen LogP contribution is 2.31. The van der Waals surface area contributed by atoms with E-state index < -0.39 is 101 Å². The summed E-state index contributed by atoms with van der Waals surface area (Å²) >= 11 is 0. The monoisotopic (exact) mass is 956 g/mol. The van der Waals surface area contributed by atoms with Crippen molar-refractivity contribution in [3.63, 3.8) is 0 Å². The second-order valence-corrected chi connectivity index (χ2v) is 17.8. The Morgan fingerprint density at radius 2 is 1.40 bits per heavy atom. The van der Waals surface area contributed by atoms with Gasteiger partial charge in [0.25, 0.3) is 11.8 Å². The molecular formula is C47H64N4O17. The number of esters is 1. The van der Waals surface area contributed by atoms with Gasteiger partial charge in [-0.1, -0.05) is 26.0 Å². The summed E-state index contributed by atoms with van der Waals surface area (Å²) in [5.74, 6) is -5.56. The van der Waals surface area contributed by atoms with Gasteiger partial charge < -0.3 is 64.8 Å². The van der Waals surface area contributed by atoms with Crippen molar-refractivity contribution < 1.29 is 82.4 Å². The smallest absolute Gasteiger partial charge is 0.335 e. The number of carbonyl (C=O) groups is 7. The van der Waals surface area contributed by atoms with Gasteiger partial charge in [-0.05, 0) is 87.4 Å². The number of hydrogen-bond donors (Lipinski definition) is 7. The summed E-state index contributed by atoms with van der Waals surface area (Å²) in [4.78, 5) is 92.7. The first-order chi connectivity index (χ1) is 32.1. The third-order valence-electron chi connectivity index (χ3n) is 11.1. The van der Waals surface area contributed by atoms with Gasteiger partial charge in [0.2, 0.25) is 17.7 Å². The van der Waals surface area contributed by atoms with Crippen LogP contribution in [-0.4, -0.2) is 156 Å². The summed E-state index contributed by atoms with van der Waals surface area (Å²) < 4.78 is 32.8. The van der Waals surface area contributed by atoms with Gasteiger partial charge >= 0.3 is 11.9 Å². The van der Waals surface area contributed by atoms with Crippen molar-refractivity contribution in [2.24, 2.45) is 11.3 Å². The molecule has 0 saturated carbocycles. The number of carboxylic acid groups (broad SMARTS) is 1. The zero-order chi connectivity index (χ0) is 50.5. The molecule has 2 aromatic carbocycles. The molecule has 8 atom stereocenters. The summed E-state index contributed by atoms with van der Waals surface area (Å²) in [7, 11) is 3.04. The van der Waals surface area contributed by atoms with Gasteiger partial charge in [0.05, 0.1) is 24.7 Å². The first-order valence-corrected chi connectivity index (χ1v) is 22.1. The van der Waals surface area contributed by atoms with Crippen molar-refractivity contribution in [3.05, 3.63) is 65.2 Å². The molecule has 7 N–H and O–H groups in total. The van der Waals surface area contributed by atoms with Gasteiger partial charge in [-0.15, -0.1) is 0 Å². The van der Waals surface area contributed by atoms with E-state index in [0.29, 0.717) is 34.8 Å². The quantitative estimate of drug-likeness (QED) is 0.0435. The first-order valence-electron chi connectivity index (χ1n) is 22.1. The molecule has 0 unspecified atom stereocenters. The third kappa shape index (κ3) is 14.8. The Kier molecular flexibility index (Phi) is 20.0. The van der Waals surface area contributed by atoms with E-state index in [0.717, 1.165) is 17.1 Å². The highest BCUT2D eigenvalue weighted by atomic mass is 16.6. The maximum Gasteiger partial charge on any atom is 0.335 e. The Morgan fingerprint density at radius 1 is 0.765 bits per heavy atom. The lowest BCUT2D eigenvalue weighted by atomic mass is 9.91. The number of hydrogen-bond acceptors (Lipinski definition) is 16. The number of aryl methyl sites for hydroxylation is 1. The molecular weight excluding hydrogens is 893 g/mol. The highest BCUT2D eigenvalue weighted by molar-refractivity contribution is 6.15. The minimum atomic E-state index is -1.87. The fourth-order valence-electron chi connectivity index (χ4n) is 7.16. The van der Waals surface area contributed by atoms with Crippen molar-refractivity contribution in [2.45, 2.75) is 116 Å². The number of aliphatic hydroxyl groups is 3. The molecule has 0 bridgehead atoms. The van der Waals surface area contributed by atoms with E-state index in [-0.39, 0.29) is 51.4 Å². The van der Waals surface area contributed by atoms with E-state index in [9.17, 15) is 54.0 Å². The molecule has 2 heterocycles. The van der Waals surface area contributed by atoms with Crippen LogP contribution < -0.4 is 25.4 Å². The minimum absolute atomic E-state index is 0.0561. The summed E-state index contributed by atoms with van der Waals surface area (Å²) in [5.41, 5.74) is 0.912. The van der Waals surface area contributed by atoms with Gasteiger partial charge in [-0.25, -0.2) is 4.79 Å². The van der Waals surface area contributed by atoms with Crippen molar-refractivity contribution in [3.8, 4) is 11.5 Å². The van der Waals surface area contributed by atoms with Crippen molar-refractivity contribution in [2.75, 3.05) is 46.0 Å². The van der Waals surface area contributed by atoms with Crippen LogP contribution >= 0.6 is 0 Å². The van der Waals surface area contributed by atoms with Crippen LogP contribution in [0.3, 0.4) is 0 Å². The predicted octanol–water partition coefficient (Wildman–Crippen LogP) is 0.814. The Hall–Kier alpha value is -5.97. The number of amides is 5. The Balaban J connectivity index is 1.51. The van der Waals surface area contributed by atoms with Crippen LogP contribution in [0.5, 0.6) is 11.5 Å². The van der Waals surface area contributed by atoms with Crippen molar-refractivity contribution in [1.29, 1.82) is 0 Å². The fourth-order valence-corrected chi connectivity index (χ4v) is 7.16. The molecule has 374 valence electrons. The number of imide groups is 1. The normalized spacial score (nSPS) is 20.6. The molecule has 5 amide bonds. The average molecular weight is 957 g/mol. The molecule has 0 aromatic heterocycles. The Morgan fingerprint density at radius 3 is 1.99 bits per heavy atom. The summed E-state index contributed by atoms with van der Waals surface area (Å²) in [5, 5.41) is 48.6. The molecule has 1 fully saturated rings. The van der Waals surface area contributed by atoms with Crippen LogP contribution in [0.25, 0.3) is 0 Å². The van der Waals surface area contributed by atoms with Crippen molar-refractivity contribution in [1.82, 2.24) is 15.5 Å². The number of nitrogens with zero attached hydrogens (tertiary/aromatic N) is 1. The minimum Gasteiger partial charge on any atom is -0.487 e. The lowest BCUT2D eigenvalue weighted by Crippen LogP contribution is -2.59. The van der Waals surface area contributed by atoms with E-state index in [1.165, 1.54) is 27.2 Å². The number of carboxylic acids is 1. The standard InChI is InChI=1S/C47H64N4O17/c1-25(2)37(50-43(58)31(51-35(52)15-16-36(51)53)21-27-9-13-32(65-19-17-63-7)34(22-27)66-20-18-64-8)44(59)48-26(3)42(57)49-30-12-10-29(24-67-46(62)47(4,5)6)28(23-30)11-14-33-38(54)39(55)40(56)41(68-33)45(60)61/h9-10,12-13,15-16,22-23,25-26,31,33,37-41,54-56H,11,14,17-21,24H2,1-8H3,(H,48,59)(H,49,57)(H,50,58)(H,60,61)/t26-,31-,33-,37-,38-,39+,40-,41-/m0/s1. The number of rotatable bonds is 24. The van der Waals surface area contributed by atoms with Gasteiger partial charge in [0, 0.05) is 38.5 Å². The molecule has 4 rings (SSSR count). The second-order valence-electron chi connectivity index (χ2n) is 17.8. The van der Waals surface area contributed by atoms with Crippen LogP contribution in [0.4, 0.5) is 5.69 Å².